The highest BCUT2D eigenvalue weighted by Crippen LogP contribution is 2.18. The second kappa shape index (κ2) is 2.11. The van der Waals surface area contributed by atoms with Crippen molar-refractivity contribution in [1.82, 2.24) is 9.97 Å². The number of hydrogen-bond donors (Lipinski definition) is 5. The lowest BCUT2D eigenvalue weighted by molar-refractivity contribution is 0.238. The molecule has 1 aromatic rings. The molecule has 0 unspecified atom stereocenters. The first-order chi connectivity index (χ1) is 5.66. The average Bonchev–Trinajstić information content (AvgIpc) is 2.29. The molecule has 12 heavy (non-hydrogen) atoms. The van der Waals surface area contributed by atoms with Crippen LogP contribution in [-0.4, -0.2) is 21.4 Å². The van der Waals surface area contributed by atoms with E-state index in [9.17, 15) is 9.59 Å². The summed E-state index contributed by atoms with van der Waals surface area (Å²) in [5.74, 6) is 0.205. The van der Waals surface area contributed by atoms with Gasteiger partial charge in [-0.2, -0.15) is 0 Å². The SMILES string of the molecule is O=c1[nH]c2c(c(=O)[nH]1)N[C@H](O)N2. The Morgan fingerprint density at radius 3 is 2.67 bits per heavy atom. The van der Waals surface area contributed by atoms with Gasteiger partial charge >= 0.3 is 5.69 Å². The monoisotopic (exact) mass is 170 g/mol. The van der Waals surface area contributed by atoms with Gasteiger partial charge in [0.1, 0.15) is 11.5 Å². The van der Waals surface area contributed by atoms with Gasteiger partial charge in [-0.15, -0.1) is 0 Å². The molecule has 0 spiro atoms. The van der Waals surface area contributed by atoms with Gasteiger partial charge in [0, 0.05) is 0 Å². The minimum Gasteiger partial charge on any atom is -0.357 e. The van der Waals surface area contributed by atoms with Gasteiger partial charge in [-0.25, -0.2) is 4.79 Å². The molecule has 0 radical (unpaired) electrons. The highest BCUT2D eigenvalue weighted by molar-refractivity contribution is 5.67. The van der Waals surface area contributed by atoms with Gasteiger partial charge in [-0.1, -0.05) is 0 Å². The molecule has 7 nitrogen and oxygen atoms in total. The Kier molecular flexibility index (Phi) is 1.22. The van der Waals surface area contributed by atoms with Crippen molar-refractivity contribution < 1.29 is 5.11 Å². The maximum Gasteiger partial charge on any atom is 0.327 e. The van der Waals surface area contributed by atoms with E-state index in [1.54, 1.807) is 0 Å². The third-order valence-corrected chi connectivity index (χ3v) is 1.50. The minimum absolute atomic E-state index is 0.141. The van der Waals surface area contributed by atoms with E-state index in [1.807, 2.05) is 4.98 Å². The third-order valence-electron chi connectivity index (χ3n) is 1.50. The topological polar surface area (TPSA) is 110 Å². The zero-order chi connectivity index (χ0) is 8.72. The fraction of sp³-hybridized carbons (Fsp3) is 0.200. The van der Waals surface area contributed by atoms with Gasteiger partial charge < -0.3 is 15.7 Å². The molecule has 0 amide bonds. The maximum atomic E-state index is 11.0. The number of rotatable bonds is 0. The van der Waals surface area contributed by atoms with E-state index in [0.717, 1.165) is 0 Å². The predicted molar refractivity (Wildman–Crippen MR) is 40.9 cm³/mol. The molecule has 0 bridgehead atoms. The number of aliphatic hydroxyl groups is 1. The molecule has 0 aliphatic carbocycles. The van der Waals surface area contributed by atoms with Crippen LogP contribution in [0.5, 0.6) is 0 Å². The molecule has 7 heteroatoms. The Labute approximate surface area is 65.4 Å². The zero-order valence-corrected chi connectivity index (χ0v) is 5.84. The van der Waals surface area contributed by atoms with Crippen LogP contribution in [0.15, 0.2) is 9.59 Å². The first kappa shape index (κ1) is 6.92. The number of hydrogen-bond acceptors (Lipinski definition) is 5. The molecular weight excluding hydrogens is 164 g/mol. The molecule has 1 aliphatic heterocycles. The molecular formula is C5H6N4O3. The molecule has 0 fully saturated rings. The largest absolute Gasteiger partial charge is 0.357 e. The summed E-state index contributed by atoms with van der Waals surface area (Å²) < 4.78 is 0. The normalized spacial score (nSPS) is 19.6. The molecule has 64 valence electrons. The minimum atomic E-state index is -1.03. The molecule has 0 aromatic carbocycles. The highest BCUT2D eigenvalue weighted by atomic mass is 16.3. The summed E-state index contributed by atoms with van der Waals surface area (Å²) in [4.78, 5) is 26.0. The van der Waals surface area contributed by atoms with Gasteiger partial charge in [-0.05, 0) is 0 Å². The standard InChI is InChI=1S/C5H6N4O3/c10-3-1-2(7-4(11)6-1)8-5(12)9-3/h4,6,11H,(H3,7,8,9,10,12)/t4-/m0/s1. The summed E-state index contributed by atoms with van der Waals surface area (Å²) in [5, 5.41) is 13.8. The first-order valence-corrected chi connectivity index (χ1v) is 3.24. The molecule has 0 saturated carbocycles. The van der Waals surface area contributed by atoms with E-state index in [1.165, 1.54) is 0 Å². The van der Waals surface area contributed by atoms with E-state index in [-0.39, 0.29) is 11.5 Å². The number of nitrogens with one attached hydrogen (secondary N) is 4. The number of anilines is 2. The second-order valence-corrected chi connectivity index (χ2v) is 2.35. The zero-order valence-electron chi connectivity index (χ0n) is 5.84. The molecule has 5 N–H and O–H groups in total. The molecule has 1 atom stereocenters. The molecule has 1 aromatic heterocycles. The van der Waals surface area contributed by atoms with E-state index in [2.05, 4.69) is 15.6 Å². The summed E-state index contributed by atoms with van der Waals surface area (Å²) in [6.07, 6.45) is -1.03. The van der Waals surface area contributed by atoms with Crippen molar-refractivity contribution in [2.75, 3.05) is 10.6 Å². The Morgan fingerprint density at radius 2 is 1.92 bits per heavy atom. The van der Waals surface area contributed by atoms with Crippen LogP contribution in [0, 0.1) is 0 Å². The van der Waals surface area contributed by atoms with E-state index in [4.69, 9.17) is 5.11 Å². The van der Waals surface area contributed by atoms with Gasteiger partial charge in [0.2, 0.25) is 6.35 Å². The molecule has 2 heterocycles. The van der Waals surface area contributed by atoms with Crippen molar-refractivity contribution in [1.29, 1.82) is 0 Å². The van der Waals surface area contributed by atoms with Crippen LogP contribution < -0.4 is 21.9 Å². The molecule has 0 saturated heterocycles. The van der Waals surface area contributed by atoms with Crippen molar-refractivity contribution in [2.24, 2.45) is 0 Å². The second-order valence-electron chi connectivity index (χ2n) is 2.35. The Hall–Kier alpha value is -1.76. The van der Waals surface area contributed by atoms with Crippen LogP contribution >= 0.6 is 0 Å². The number of aromatic amines is 2. The maximum absolute atomic E-state index is 11.0. The third kappa shape index (κ3) is 0.873. The predicted octanol–water partition coefficient (Wildman–Crippen LogP) is -1.82. The van der Waals surface area contributed by atoms with E-state index >= 15 is 0 Å². The lowest BCUT2D eigenvalue weighted by Gasteiger charge is -1.99. The fourth-order valence-electron chi connectivity index (χ4n) is 1.04. The van der Waals surface area contributed by atoms with Crippen LogP contribution in [0.4, 0.5) is 11.5 Å². The Bertz CT molecular complexity index is 419. The summed E-state index contributed by atoms with van der Waals surface area (Å²) >= 11 is 0. The van der Waals surface area contributed by atoms with Crippen LogP contribution in [0.2, 0.25) is 0 Å². The van der Waals surface area contributed by atoms with Gasteiger partial charge in [0.25, 0.3) is 5.56 Å². The van der Waals surface area contributed by atoms with Crippen LogP contribution in [0.25, 0.3) is 0 Å². The lowest BCUT2D eigenvalue weighted by Crippen LogP contribution is -2.23. The van der Waals surface area contributed by atoms with Gasteiger partial charge in [0.05, 0.1) is 0 Å². The number of H-pyrrole nitrogens is 2. The quantitative estimate of drug-likeness (QED) is 0.315. The summed E-state index contributed by atoms with van der Waals surface area (Å²) in [7, 11) is 0. The number of fused-ring (bicyclic) bond motifs is 1. The summed E-state index contributed by atoms with van der Waals surface area (Å²) in [5.41, 5.74) is -1.03. The van der Waals surface area contributed by atoms with Gasteiger partial charge in [-0.3, -0.25) is 14.8 Å². The Morgan fingerprint density at radius 1 is 1.17 bits per heavy atom. The first-order valence-electron chi connectivity index (χ1n) is 3.24. The van der Waals surface area contributed by atoms with E-state index in [0.29, 0.717) is 0 Å². The van der Waals surface area contributed by atoms with Crippen LogP contribution in [0.1, 0.15) is 0 Å². The van der Waals surface area contributed by atoms with Crippen LogP contribution in [-0.2, 0) is 0 Å². The Balaban J connectivity index is 2.68. The van der Waals surface area contributed by atoms with Crippen molar-refractivity contribution in [3.8, 4) is 0 Å². The highest BCUT2D eigenvalue weighted by Gasteiger charge is 2.20. The van der Waals surface area contributed by atoms with Crippen molar-refractivity contribution in [3.05, 3.63) is 20.8 Å². The summed E-state index contributed by atoms with van der Waals surface area (Å²) in [6.45, 7) is 0. The summed E-state index contributed by atoms with van der Waals surface area (Å²) in [6, 6.07) is 0. The number of aromatic nitrogens is 2. The molecule has 1 aliphatic rings. The smallest absolute Gasteiger partial charge is 0.327 e. The van der Waals surface area contributed by atoms with Crippen LogP contribution in [0.3, 0.4) is 0 Å². The lowest BCUT2D eigenvalue weighted by atomic mass is 10.5. The van der Waals surface area contributed by atoms with E-state index < -0.39 is 17.6 Å². The molecule has 2 rings (SSSR count). The van der Waals surface area contributed by atoms with Crippen molar-refractivity contribution in [3.63, 3.8) is 0 Å². The fourth-order valence-corrected chi connectivity index (χ4v) is 1.04. The van der Waals surface area contributed by atoms with Crippen molar-refractivity contribution >= 4 is 11.5 Å². The van der Waals surface area contributed by atoms with Crippen molar-refractivity contribution in [2.45, 2.75) is 6.35 Å². The van der Waals surface area contributed by atoms with Gasteiger partial charge in [0.15, 0.2) is 0 Å². The average molecular weight is 170 g/mol. The number of aliphatic hydroxyl groups excluding tert-OH is 1.